The Morgan fingerprint density at radius 3 is 2.70 bits per heavy atom. The van der Waals surface area contributed by atoms with Crippen molar-refractivity contribution in [3.63, 3.8) is 0 Å². The molecule has 7 nitrogen and oxygen atoms in total. The third-order valence-corrected chi connectivity index (χ3v) is 7.39. The first-order valence-electron chi connectivity index (χ1n) is 11.5. The molecule has 4 rings (SSSR count). The quantitative estimate of drug-likeness (QED) is 0.499. The van der Waals surface area contributed by atoms with Gasteiger partial charge in [0.1, 0.15) is 0 Å². The zero-order chi connectivity index (χ0) is 23.4. The molecule has 0 bridgehead atoms. The number of carbonyl (C=O) groups excluding carboxylic acids is 3. The summed E-state index contributed by atoms with van der Waals surface area (Å²) in [6.07, 6.45) is 8.75. The Labute approximate surface area is 198 Å². The largest absolute Gasteiger partial charge is 0.339 e. The van der Waals surface area contributed by atoms with Crippen molar-refractivity contribution in [1.29, 1.82) is 0 Å². The molecule has 2 aliphatic rings. The summed E-state index contributed by atoms with van der Waals surface area (Å²) in [6.45, 7) is 5.50. The van der Waals surface area contributed by atoms with E-state index in [2.05, 4.69) is 10.3 Å². The van der Waals surface area contributed by atoms with Crippen LogP contribution in [0.25, 0.3) is 0 Å². The SMILES string of the molecule is CC(C)/C=C/C(=O)N1CCC([C@@]2(c3cccnc3)NC(=O)N(CCc3cccs3)C2=O)CC1. The molecule has 4 heterocycles. The van der Waals surface area contributed by atoms with Crippen molar-refractivity contribution in [2.75, 3.05) is 19.6 Å². The first kappa shape index (κ1) is 23.2. The van der Waals surface area contributed by atoms with Gasteiger partial charge in [0.15, 0.2) is 5.54 Å². The zero-order valence-corrected chi connectivity index (χ0v) is 19.9. The molecule has 2 aromatic heterocycles. The Balaban J connectivity index is 1.55. The topological polar surface area (TPSA) is 82.6 Å². The van der Waals surface area contributed by atoms with Crippen LogP contribution < -0.4 is 5.32 Å². The summed E-state index contributed by atoms with van der Waals surface area (Å²) in [7, 11) is 0. The van der Waals surface area contributed by atoms with E-state index in [1.807, 2.05) is 48.4 Å². The van der Waals surface area contributed by atoms with Crippen LogP contribution in [0.4, 0.5) is 4.79 Å². The molecule has 0 spiro atoms. The predicted molar refractivity (Wildman–Crippen MR) is 127 cm³/mol. The van der Waals surface area contributed by atoms with Gasteiger partial charge in [-0.05, 0) is 54.7 Å². The van der Waals surface area contributed by atoms with Crippen molar-refractivity contribution in [2.24, 2.45) is 11.8 Å². The zero-order valence-electron chi connectivity index (χ0n) is 19.1. The second kappa shape index (κ2) is 9.87. The van der Waals surface area contributed by atoms with Crippen molar-refractivity contribution in [3.8, 4) is 0 Å². The van der Waals surface area contributed by atoms with Crippen molar-refractivity contribution in [3.05, 3.63) is 64.6 Å². The Morgan fingerprint density at radius 1 is 1.27 bits per heavy atom. The number of carbonyl (C=O) groups is 3. The minimum absolute atomic E-state index is 0.00284. The number of allylic oxidation sites excluding steroid dienone is 1. The predicted octanol–water partition coefficient (Wildman–Crippen LogP) is 3.58. The Bertz CT molecular complexity index is 1010. The smallest absolute Gasteiger partial charge is 0.325 e. The van der Waals surface area contributed by atoms with Gasteiger partial charge in [0, 0.05) is 42.5 Å². The molecule has 174 valence electrons. The maximum atomic E-state index is 13.8. The second-order valence-corrected chi connectivity index (χ2v) is 10.0. The van der Waals surface area contributed by atoms with Gasteiger partial charge in [-0.1, -0.05) is 32.1 Å². The van der Waals surface area contributed by atoms with E-state index < -0.39 is 5.54 Å². The van der Waals surface area contributed by atoms with Crippen molar-refractivity contribution >= 4 is 29.2 Å². The number of hydrogen-bond donors (Lipinski definition) is 1. The lowest BCUT2D eigenvalue weighted by Gasteiger charge is -2.40. The number of hydrogen-bond acceptors (Lipinski definition) is 5. The maximum absolute atomic E-state index is 13.8. The van der Waals surface area contributed by atoms with Crippen molar-refractivity contribution in [2.45, 2.75) is 38.6 Å². The number of aromatic nitrogens is 1. The fourth-order valence-electron chi connectivity index (χ4n) is 4.69. The first-order chi connectivity index (χ1) is 15.9. The van der Waals surface area contributed by atoms with Crippen LogP contribution in [0, 0.1) is 11.8 Å². The second-order valence-electron chi connectivity index (χ2n) is 8.97. The van der Waals surface area contributed by atoms with Gasteiger partial charge in [0.2, 0.25) is 5.91 Å². The van der Waals surface area contributed by atoms with Crippen LogP contribution in [0.15, 0.2) is 54.2 Å². The molecule has 0 radical (unpaired) electrons. The molecule has 0 saturated carbocycles. The van der Waals surface area contributed by atoms with Crippen LogP contribution >= 0.6 is 11.3 Å². The summed E-state index contributed by atoms with van der Waals surface area (Å²) in [4.78, 5) is 47.9. The number of rotatable bonds is 7. The number of piperidine rings is 1. The number of amides is 4. The highest BCUT2D eigenvalue weighted by Gasteiger charge is 2.57. The average Bonchev–Trinajstić information content (AvgIpc) is 3.43. The van der Waals surface area contributed by atoms with Crippen LogP contribution in [0.5, 0.6) is 0 Å². The van der Waals surface area contributed by atoms with Gasteiger partial charge in [-0.25, -0.2) is 4.79 Å². The van der Waals surface area contributed by atoms with Crippen molar-refractivity contribution in [1.82, 2.24) is 20.1 Å². The summed E-state index contributed by atoms with van der Waals surface area (Å²) in [5.41, 5.74) is -0.449. The molecule has 33 heavy (non-hydrogen) atoms. The van der Waals surface area contributed by atoms with E-state index in [4.69, 9.17) is 0 Å². The number of pyridine rings is 1. The average molecular weight is 467 g/mol. The van der Waals surface area contributed by atoms with Crippen LogP contribution in [0.2, 0.25) is 0 Å². The maximum Gasteiger partial charge on any atom is 0.325 e. The Hall–Kier alpha value is -3.00. The van der Waals surface area contributed by atoms with Crippen LogP contribution in [-0.2, 0) is 21.5 Å². The van der Waals surface area contributed by atoms with E-state index in [0.29, 0.717) is 50.4 Å². The van der Waals surface area contributed by atoms with Crippen molar-refractivity contribution < 1.29 is 14.4 Å². The summed E-state index contributed by atoms with van der Waals surface area (Å²) < 4.78 is 0. The molecule has 0 aromatic carbocycles. The monoisotopic (exact) mass is 466 g/mol. The molecule has 2 aliphatic heterocycles. The lowest BCUT2D eigenvalue weighted by atomic mass is 9.73. The summed E-state index contributed by atoms with van der Waals surface area (Å²) in [6, 6.07) is 7.27. The van der Waals surface area contributed by atoms with Gasteiger partial charge >= 0.3 is 6.03 Å². The van der Waals surface area contributed by atoms with E-state index in [-0.39, 0.29) is 23.8 Å². The molecular formula is C25H30N4O3S. The molecule has 2 fully saturated rings. The van der Waals surface area contributed by atoms with Gasteiger partial charge < -0.3 is 10.2 Å². The van der Waals surface area contributed by atoms with E-state index in [1.165, 1.54) is 4.90 Å². The summed E-state index contributed by atoms with van der Waals surface area (Å²) in [5.74, 6) is -0.0340. The van der Waals surface area contributed by atoms with Crippen LogP contribution in [0.3, 0.4) is 0 Å². The number of imide groups is 1. The Morgan fingerprint density at radius 2 is 2.06 bits per heavy atom. The lowest BCUT2D eigenvalue weighted by molar-refractivity contribution is -0.135. The minimum atomic E-state index is -1.15. The molecule has 1 atom stereocenters. The molecule has 2 saturated heterocycles. The number of nitrogens with one attached hydrogen (secondary N) is 1. The number of likely N-dealkylation sites (tertiary alicyclic amines) is 1. The summed E-state index contributed by atoms with van der Waals surface area (Å²) in [5, 5.41) is 5.04. The van der Waals surface area contributed by atoms with Gasteiger partial charge in [-0.15, -0.1) is 11.3 Å². The first-order valence-corrected chi connectivity index (χ1v) is 12.3. The molecular weight excluding hydrogens is 436 g/mol. The third-order valence-electron chi connectivity index (χ3n) is 6.45. The molecule has 0 aliphatic carbocycles. The van der Waals surface area contributed by atoms with Gasteiger partial charge in [-0.2, -0.15) is 0 Å². The van der Waals surface area contributed by atoms with Crippen LogP contribution in [0.1, 0.15) is 37.1 Å². The minimum Gasteiger partial charge on any atom is -0.339 e. The molecule has 8 heteroatoms. The molecule has 4 amide bonds. The number of nitrogens with zero attached hydrogens (tertiary/aromatic N) is 3. The van der Waals surface area contributed by atoms with Crippen LogP contribution in [-0.4, -0.2) is 52.3 Å². The highest BCUT2D eigenvalue weighted by Crippen LogP contribution is 2.41. The fraction of sp³-hybridized carbons (Fsp3) is 0.440. The molecule has 0 unspecified atom stereocenters. The third kappa shape index (κ3) is 4.71. The fourth-order valence-corrected chi connectivity index (χ4v) is 5.39. The van der Waals surface area contributed by atoms with E-state index in [9.17, 15) is 14.4 Å². The standard InChI is InChI=1S/C25H30N4O3S/c1-18(2)7-8-22(30)28-13-9-19(10-14-28)25(20-5-3-12-26-17-20)23(31)29(24(32)27-25)15-11-21-6-4-16-33-21/h3-8,12,16-19H,9-11,13-15H2,1-2H3,(H,27,32)/b8-7+/t25-/m0/s1. The highest BCUT2D eigenvalue weighted by atomic mass is 32.1. The lowest BCUT2D eigenvalue weighted by Crippen LogP contribution is -2.54. The summed E-state index contributed by atoms with van der Waals surface area (Å²) >= 11 is 1.62. The normalized spacial score (nSPS) is 21.9. The number of urea groups is 1. The molecule has 2 aromatic rings. The Kier molecular flexibility index (Phi) is 6.93. The molecule has 1 N–H and O–H groups in total. The van der Waals surface area contributed by atoms with E-state index >= 15 is 0 Å². The van der Waals surface area contributed by atoms with E-state index in [1.54, 1.807) is 35.9 Å². The van der Waals surface area contributed by atoms with Gasteiger partial charge in [-0.3, -0.25) is 19.5 Å². The van der Waals surface area contributed by atoms with Gasteiger partial charge in [0.05, 0.1) is 0 Å². The number of thiophene rings is 1. The van der Waals surface area contributed by atoms with Gasteiger partial charge in [0.25, 0.3) is 5.91 Å². The highest BCUT2D eigenvalue weighted by molar-refractivity contribution is 7.09. The van der Waals surface area contributed by atoms with E-state index in [0.717, 1.165) is 4.88 Å².